The van der Waals surface area contributed by atoms with Crippen molar-refractivity contribution in [1.29, 1.82) is 0 Å². The maximum Gasteiger partial charge on any atom is 0.143 e. The minimum absolute atomic E-state index is 0.0397. The van der Waals surface area contributed by atoms with Crippen LogP contribution in [-0.4, -0.2) is 47.7 Å². The quantitative estimate of drug-likeness (QED) is 0.494. The minimum atomic E-state index is -0.798. The fraction of sp³-hybridized carbons (Fsp3) is 0.400. The number of aliphatic hydroxyl groups excluding tert-OH is 2. The molecule has 6 rings (SSSR count). The van der Waals surface area contributed by atoms with Gasteiger partial charge >= 0.3 is 0 Å². The Balaban J connectivity index is 1.19. The minimum Gasteiger partial charge on any atom is -0.390 e. The Kier molecular flexibility index (Phi) is 5.12. The number of pyridine rings is 1. The molecule has 6 nitrogen and oxygen atoms in total. The average Bonchev–Trinajstić information content (AvgIpc) is 3.37. The SMILES string of the molecule is O[C@@H]1[C@@H](CCc2ccc3cc4c(nc3c2)CCCS4)C[C@@H](n2ccc3cncnc32)[C@@H]1O. The summed E-state index contributed by atoms with van der Waals surface area (Å²) in [6, 6.07) is 10.6. The molecule has 2 N–H and O–H groups in total. The number of aryl methyl sites for hydroxylation is 2. The second-order valence-corrected chi connectivity index (χ2v) is 10.2. The van der Waals surface area contributed by atoms with Crippen LogP contribution in [0.25, 0.3) is 21.9 Å². The standard InChI is InChI=1S/C25H26N4O2S/c30-23-17(11-21(24(23)31)29-8-7-18-13-26-14-27-25(18)29)6-4-15-3-5-16-12-22-19(2-1-9-32-22)28-20(16)10-15/h3,5,7-8,10,12-14,17,21,23-24,30-31H,1-2,4,6,9,11H2/t17-,21+,23+,24-/m0/s1. The molecule has 0 saturated heterocycles. The van der Waals surface area contributed by atoms with Gasteiger partial charge in [-0.2, -0.15) is 0 Å². The Labute approximate surface area is 190 Å². The predicted octanol–water partition coefficient (Wildman–Crippen LogP) is 3.93. The molecule has 0 amide bonds. The molecular formula is C25H26N4O2S. The zero-order valence-corrected chi connectivity index (χ0v) is 18.6. The van der Waals surface area contributed by atoms with Crippen molar-refractivity contribution >= 4 is 33.7 Å². The molecule has 0 radical (unpaired) electrons. The molecule has 1 aromatic carbocycles. The Morgan fingerprint density at radius 3 is 2.97 bits per heavy atom. The number of hydrogen-bond donors (Lipinski definition) is 2. The van der Waals surface area contributed by atoms with E-state index < -0.39 is 12.2 Å². The molecule has 4 atom stereocenters. The summed E-state index contributed by atoms with van der Waals surface area (Å²) < 4.78 is 1.99. The molecular weight excluding hydrogens is 420 g/mol. The number of benzene rings is 1. The van der Waals surface area contributed by atoms with Crippen LogP contribution in [0.5, 0.6) is 0 Å². The normalized spacial score (nSPS) is 25.4. The van der Waals surface area contributed by atoms with E-state index in [-0.39, 0.29) is 12.0 Å². The topological polar surface area (TPSA) is 84.1 Å². The van der Waals surface area contributed by atoms with Gasteiger partial charge in [0.05, 0.1) is 23.4 Å². The van der Waals surface area contributed by atoms with E-state index in [2.05, 4.69) is 34.2 Å². The second kappa shape index (κ2) is 8.14. The molecule has 0 unspecified atom stereocenters. The van der Waals surface area contributed by atoms with Gasteiger partial charge in [-0.3, -0.25) is 4.98 Å². The number of hydrogen-bond acceptors (Lipinski definition) is 6. The summed E-state index contributed by atoms with van der Waals surface area (Å²) in [5.41, 5.74) is 4.33. The second-order valence-electron chi connectivity index (χ2n) is 9.02. The van der Waals surface area contributed by atoms with E-state index in [0.29, 0.717) is 0 Å². The van der Waals surface area contributed by atoms with Gasteiger partial charge < -0.3 is 14.8 Å². The van der Waals surface area contributed by atoms with Crippen molar-refractivity contribution in [3.63, 3.8) is 0 Å². The van der Waals surface area contributed by atoms with Crippen LogP contribution >= 0.6 is 11.8 Å². The molecule has 3 aromatic heterocycles. The fourth-order valence-corrected chi connectivity index (χ4v) is 6.33. The summed E-state index contributed by atoms with van der Waals surface area (Å²) in [5.74, 6) is 1.22. The van der Waals surface area contributed by atoms with Gasteiger partial charge in [-0.25, -0.2) is 9.97 Å². The van der Waals surface area contributed by atoms with Crippen LogP contribution in [0, 0.1) is 5.92 Å². The van der Waals surface area contributed by atoms with Gasteiger partial charge in [-0.1, -0.05) is 12.1 Å². The Hall–Kier alpha value is -2.48. The number of aliphatic hydroxyl groups is 2. The largest absolute Gasteiger partial charge is 0.390 e. The van der Waals surface area contributed by atoms with Gasteiger partial charge in [0.15, 0.2) is 0 Å². The van der Waals surface area contributed by atoms with Crippen LogP contribution in [0.4, 0.5) is 0 Å². The fourth-order valence-electron chi connectivity index (χ4n) is 5.29. The van der Waals surface area contributed by atoms with Crippen LogP contribution in [0.15, 0.2) is 53.9 Å². The lowest BCUT2D eigenvalue weighted by Gasteiger charge is -2.19. The van der Waals surface area contributed by atoms with E-state index in [9.17, 15) is 10.2 Å². The van der Waals surface area contributed by atoms with Crippen molar-refractivity contribution in [1.82, 2.24) is 19.5 Å². The highest BCUT2D eigenvalue weighted by Gasteiger charge is 2.42. The first-order valence-electron chi connectivity index (χ1n) is 11.4. The number of fused-ring (bicyclic) bond motifs is 3. The smallest absolute Gasteiger partial charge is 0.143 e. The van der Waals surface area contributed by atoms with Gasteiger partial charge in [0, 0.05) is 28.1 Å². The van der Waals surface area contributed by atoms with E-state index in [1.165, 1.54) is 40.0 Å². The van der Waals surface area contributed by atoms with E-state index in [1.807, 2.05) is 28.6 Å². The summed E-state index contributed by atoms with van der Waals surface area (Å²) in [7, 11) is 0. The monoisotopic (exact) mass is 446 g/mol. The third-order valence-electron chi connectivity index (χ3n) is 7.05. The molecule has 164 valence electrons. The first kappa shape index (κ1) is 20.1. The van der Waals surface area contributed by atoms with Gasteiger partial charge in [-0.15, -0.1) is 11.8 Å². The Morgan fingerprint density at radius 2 is 2.03 bits per heavy atom. The van der Waals surface area contributed by atoms with Crippen LogP contribution in [-0.2, 0) is 12.8 Å². The van der Waals surface area contributed by atoms with Gasteiger partial charge in [0.2, 0.25) is 0 Å². The molecule has 1 saturated carbocycles. The predicted molar refractivity (Wildman–Crippen MR) is 126 cm³/mol. The van der Waals surface area contributed by atoms with E-state index in [0.717, 1.165) is 42.2 Å². The Morgan fingerprint density at radius 1 is 1.09 bits per heavy atom. The molecule has 1 aliphatic carbocycles. The first-order valence-corrected chi connectivity index (χ1v) is 12.3. The van der Waals surface area contributed by atoms with Crippen LogP contribution in [0.2, 0.25) is 0 Å². The maximum atomic E-state index is 10.8. The number of rotatable bonds is 4. The zero-order chi connectivity index (χ0) is 21.7. The molecule has 7 heteroatoms. The molecule has 32 heavy (non-hydrogen) atoms. The molecule has 1 fully saturated rings. The lowest BCUT2D eigenvalue weighted by Crippen LogP contribution is -2.29. The summed E-state index contributed by atoms with van der Waals surface area (Å²) in [4.78, 5) is 14.7. The van der Waals surface area contributed by atoms with Crippen molar-refractivity contribution in [2.45, 2.75) is 55.2 Å². The first-order chi connectivity index (χ1) is 15.7. The van der Waals surface area contributed by atoms with E-state index in [1.54, 1.807) is 6.20 Å². The highest BCUT2D eigenvalue weighted by atomic mass is 32.2. The lowest BCUT2D eigenvalue weighted by molar-refractivity contribution is 0.00545. The molecule has 1 aliphatic heterocycles. The summed E-state index contributed by atoms with van der Waals surface area (Å²) in [5, 5.41) is 23.7. The number of thioether (sulfide) groups is 1. The average molecular weight is 447 g/mol. The summed E-state index contributed by atoms with van der Waals surface area (Å²) in [6.07, 6.45) is 8.39. The van der Waals surface area contributed by atoms with E-state index in [4.69, 9.17) is 4.98 Å². The van der Waals surface area contributed by atoms with Crippen LogP contribution in [0.1, 0.15) is 36.6 Å². The highest BCUT2D eigenvalue weighted by molar-refractivity contribution is 7.99. The van der Waals surface area contributed by atoms with Gasteiger partial charge in [0.1, 0.15) is 18.1 Å². The van der Waals surface area contributed by atoms with Crippen molar-refractivity contribution in [3.05, 3.63) is 60.3 Å². The molecule has 2 aliphatic rings. The van der Waals surface area contributed by atoms with Gasteiger partial charge in [-0.05, 0) is 67.5 Å². The van der Waals surface area contributed by atoms with Crippen molar-refractivity contribution in [3.8, 4) is 0 Å². The van der Waals surface area contributed by atoms with Crippen molar-refractivity contribution in [2.75, 3.05) is 5.75 Å². The van der Waals surface area contributed by atoms with Gasteiger partial charge in [0.25, 0.3) is 0 Å². The molecule has 0 spiro atoms. The molecule has 4 aromatic rings. The molecule has 4 heterocycles. The van der Waals surface area contributed by atoms with Crippen molar-refractivity contribution < 1.29 is 10.2 Å². The summed E-state index contributed by atoms with van der Waals surface area (Å²) in [6.45, 7) is 0. The number of nitrogens with zero attached hydrogens (tertiary/aromatic N) is 4. The lowest BCUT2D eigenvalue weighted by atomic mass is 9.95. The molecule has 0 bridgehead atoms. The van der Waals surface area contributed by atoms with Crippen LogP contribution in [0.3, 0.4) is 0 Å². The van der Waals surface area contributed by atoms with Crippen LogP contribution < -0.4 is 0 Å². The highest BCUT2D eigenvalue weighted by Crippen LogP contribution is 2.39. The zero-order valence-electron chi connectivity index (χ0n) is 17.8. The maximum absolute atomic E-state index is 10.8. The Bertz CT molecular complexity index is 1290. The number of aromatic nitrogens is 4. The van der Waals surface area contributed by atoms with Crippen molar-refractivity contribution in [2.24, 2.45) is 5.92 Å². The summed E-state index contributed by atoms with van der Waals surface area (Å²) >= 11 is 1.91. The third-order valence-corrected chi connectivity index (χ3v) is 8.20. The third kappa shape index (κ3) is 3.49. The van der Waals surface area contributed by atoms with E-state index >= 15 is 0 Å².